The van der Waals surface area contributed by atoms with Crippen LogP contribution in [-0.4, -0.2) is 54.2 Å². The van der Waals surface area contributed by atoms with Crippen LogP contribution in [0, 0.1) is 5.92 Å². The molecule has 1 fully saturated rings. The zero-order chi connectivity index (χ0) is 25.4. The molecule has 0 saturated carbocycles. The number of ketones is 1. The number of hydrogen-bond acceptors (Lipinski definition) is 7. The summed E-state index contributed by atoms with van der Waals surface area (Å²) in [6.45, 7) is -0.281. The molecule has 1 N–H and O–H groups in total. The van der Waals surface area contributed by atoms with E-state index in [4.69, 9.17) is 25.8 Å². The van der Waals surface area contributed by atoms with Crippen LogP contribution in [-0.2, 0) is 14.3 Å². The van der Waals surface area contributed by atoms with E-state index in [1.807, 2.05) is 0 Å². The first-order valence-corrected chi connectivity index (χ1v) is 12.4. The average Bonchev–Trinajstić information content (AvgIpc) is 3.62. The molecule has 2 aromatic carbocycles. The van der Waals surface area contributed by atoms with Gasteiger partial charge in [-0.15, -0.1) is 11.3 Å². The molecule has 0 spiro atoms. The van der Waals surface area contributed by atoms with E-state index in [1.165, 1.54) is 23.3 Å². The highest BCUT2D eigenvalue weighted by atomic mass is 35.5. The Morgan fingerprint density at radius 2 is 1.81 bits per heavy atom. The summed E-state index contributed by atoms with van der Waals surface area (Å²) in [5, 5.41) is 12.7. The molecule has 1 saturated heterocycles. The number of benzene rings is 2. The molecular weight excluding hydrogens is 506 g/mol. The Kier molecular flexibility index (Phi) is 6.70. The molecule has 8 nitrogen and oxygen atoms in total. The first kappa shape index (κ1) is 24.3. The van der Waals surface area contributed by atoms with Gasteiger partial charge in [-0.3, -0.25) is 9.59 Å². The topological polar surface area (TPSA) is 102 Å². The molecule has 0 aliphatic carbocycles. The van der Waals surface area contributed by atoms with Gasteiger partial charge in [0.1, 0.15) is 12.6 Å². The van der Waals surface area contributed by atoms with Gasteiger partial charge < -0.3 is 24.2 Å². The van der Waals surface area contributed by atoms with Crippen LogP contribution in [0.15, 0.2) is 60.0 Å². The normalized spacial score (nSPS) is 22.6. The van der Waals surface area contributed by atoms with Gasteiger partial charge in [0, 0.05) is 18.1 Å². The maximum atomic E-state index is 14.0. The molecule has 3 heterocycles. The minimum absolute atomic E-state index is 0.0540. The van der Waals surface area contributed by atoms with Gasteiger partial charge in [-0.1, -0.05) is 35.9 Å². The number of carboxylic acid groups (broad SMARTS) is 1. The first-order chi connectivity index (χ1) is 17.4. The van der Waals surface area contributed by atoms with E-state index in [-0.39, 0.29) is 19.2 Å². The number of carbonyl (C=O) groups is 3. The number of amides is 1. The lowest BCUT2D eigenvalue weighted by molar-refractivity contribution is -0.151. The zero-order valence-electron chi connectivity index (χ0n) is 19.1. The van der Waals surface area contributed by atoms with Gasteiger partial charge >= 0.3 is 5.97 Å². The molecule has 4 atom stereocenters. The smallest absolute Gasteiger partial charge is 0.327 e. The van der Waals surface area contributed by atoms with Crippen LogP contribution in [0.1, 0.15) is 32.8 Å². The number of ether oxygens (including phenoxy) is 3. The molecule has 36 heavy (non-hydrogen) atoms. The van der Waals surface area contributed by atoms with Crippen molar-refractivity contribution in [2.24, 2.45) is 5.92 Å². The lowest BCUT2D eigenvalue weighted by Gasteiger charge is -2.30. The maximum Gasteiger partial charge on any atom is 0.327 e. The highest BCUT2D eigenvalue weighted by molar-refractivity contribution is 7.12. The van der Waals surface area contributed by atoms with Crippen LogP contribution in [0.5, 0.6) is 11.5 Å². The van der Waals surface area contributed by atoms with Crippen molar-refractivity contribution in [1.29, 1.82) is 0 Å². The van der Waals surface area contributed by atoms with E-state index < -0.39 is 35.8 Å². The van der Waals surface area contributed by atoms with E-state index in [9.17, 15) is 19.5 Å². The van der Waals surface area contributed by atoms with Gasteiger partial charge in [0.15, 0.2) is 17.3 Å². The zero-order valence-corrected chi connectivity index (χ0v) is 20.7. The van der Waals surface area contributed by atoms with E-state index in [1.54, 1.807) is 60.0 Å². The molecule has 0 radical (unpaired) electrons. The van der Waals surface area contributed by atoms with Gasteiger partial charge in [0.05, 0.1) is 16.8 Å². The number of methoxy groups -OCH3 is 1. The van der Waals surface area contributed by atoms with Crippen LogP contribution in [0.25, 0.3) is 0 Å². The summed E-state index contributed by atoms with van der Waals surface area (Å²) in [7, 11) is 1.37. The molecule has 5 rings (SSSR count). The third-order valence-corrected chi connectivity index (χ3v) is 7.67. The van der Waals surface area contributed by atoms with E-state index >= 15 is 0 Å². The van der Waals surface area contributed by atoms with Gasteiger partial charge in [-0.05, 0) is 46.8 Å². The van der Waals surface area contributed by atoms with Crippen molar-refractivity contribution >= 4 is 40.6 Å². The quantitative estimate of drug-likeness (QED) is 0.454. The van der Waals surface area contributed by atoms with Gasteiger partial charge in [0.2, 0.25) is 12.7 Å². The third-order valence-electron chi connectivity index (χ3n) is 6.54. The van der Waals surface area contributed by atoms with Gasteiger partial charge in [0.25, 0.3) is 0 Å². The largest absolute Gasteiger partial charge is 0.480 e. The summed E-state index contributed by atoms with van der Waals surface area (Å²) in [6.07, 6.45) is 0. The Morgan fingerprint density at radius 3 is 2.47 bits per heavy atom. The fraction of sp³-hybridized carbons (Fsp3) is 0.269. The van der Waals surface area contributed by atoms with E-state index in [0.717, 1.165) is 0 Å². The Balaban J connectivity index is 1.74. The van der Waals surface area contributed by atoms with Crippen LogP contribution >= 0.6 is 22.9 Å². The number of rotatable bonds is 7. The Morgan fingerprint density at radius 1 is 1.08 bits per heavy atom. The van der Waals surface area contributed by atoms with Crippen molar-refractivity contribution in [3.63, 3.8) is 0 Å². The number of nitrogens with zero attached hydrogens (tertiary/aromatic N) is 1. The number of halogens is 1. The van der Waals surface area contributed by atoms with Gasteiger partial charge in [-0.25, -0.2) is 4.79 Å². The van der Waals surface area contributed by atoms with Crippen molar-refractivity contribution < 1.29 is 33.7 Å². The fourth-order valence-electron chi connectivity index (χ4n) is 5.12. The molecule has 1 aromatic heterocycles. The molecule has 3 aromatic rings. The summed E-state index contributed by atoms with van der Waals surface area (Å²) in [5.74, 6) is -2.73. The SMILES string of the molecule is COCC(=O)N1C(C(=O)O)C(c2ccc(Cl)cc2)C(C(=O)c2cccs2)C1c1ccc2c(c1)OCO2. The van der Waals surface area contributed by atoms with Crippen LogP contribution in [0.2, 0.25) is 5.02 Å². The van der Waals surface area contributed by atoms with Crippen molar-refractivity contribution in [1.82, 2.24) is 4.90 Å². The molecule has 2 aliphatic heterocycles. The number of Topliss-reactive ketones (excluding diaryl/α,β-unsaturated/α-hetero) is 1. The Hall–Kier alpha value is -3.40. The molecule has 2 aliphatic rings. The van der Waals surface area contributed by atoms with Crippen molar-refractivity contribution in [2.45, 2.75) is 18.0 Å². The Labute approximate surface area is 216 Å². The number of hydrogen-bond donors (Lipinski definition) is 1. The predicted octanol–water partition coefficient (Wildman–Crippen LogP) is 4.40. The fourth-order valence-corrected chi connectivity index (χ4v) is 5.96. The lowest BCUT2D eigenvalue weighted by Crippen LogP contribution is -2.45. The van der Waals surface area contributed by atoms with Crippen LogP contribution in [0.3, 0.4) is 0 Å². The van der Waals surface area contributed by atoms with E-state index in [2.05, 4.69) is 0 Å². The van der Waals surface area contributed by atoms with E-state index in [0.29, 0.717) is 32.5 Å². The summed E-state index contributed by atoms with van der Waals surface area (Å²) in [4.78, 5) is 42.0. The minimum Gasteiger partial charge on any atom is -0.480 e. The number of likely N-dealkylation sites (tertiary alicyclic amines) is 1. The number of aliphatic carboxylic acids is 1. The van der Waals surface area contributed by atoms with Crippen LogP contribution in [0.4, 0.5) is 0 Å². The summed E-state index contributed by atoms with van der Waals surface area (Å²) in [6, 6.07) is 13.1. The lowest BCUT2D eigenvalue weighted by atomic mass is 9.77. The predicted molar refractivity (Wildman–Crippen MR) is 132 cm³/mol. The first-order valence-electron chi connectivity index (χ1n) is 11.2. The monoisotopic (exact) mass is 527 g/mol. The van der Waals surface area contributed by atoms with Gasteiger partial charge in [-0.2, -0.15) is 0 Å². The number of fused-ring (bicyclic) bond motifs is 1. The second kappa shape index (κ2) is 9.93. The summed E-state index contributed by atoms with van der Waals surface area (Å²) in [5.41, 5.74) is 1.17. The number of thiophene rings is 1. The molecule has 10 heteroatoms. The number of carbonyl (C=O) groups excluding carboxylic acids is 2. The second-order valence-electron chi connectivity index (χ2n) is 8.52. The highest BCUT2D eigenvalue weighted by Crippen LogP contribution is 2.52. The average molecular weight is 528 g/mol. The third kappa shape index (κ3) is 4.23. The maximum absolute atomic E-state index is 14.0. The molecule has 4 unspecified atom stereocenters. The molecule has 1 amide bonds. The number of carboxylic acids is 1. The van der Waals surface area contributed by atoms with Crippen molar-refractivity contribution in [3.05, 3.63) is 81.0 Å². The summed E-state index contributed by atoms with van der Waals surface area (Å²) >= 11 is 7.38. The van der Waals surface area contributed by atoms with Crippen LogP contribution < -0.4 is 9.47 Å². The summed E-state index contributed by atoms with van der Waals surface area (Å²) < 4.78 is 16.1. The standard InChI is InChI=1S/C26H22ClNO7S/c1-33-12-20(29)28-23(15-6-9-17-18(11-15)35-13-34-17)22(25(30)19-3-2-10-36-19)21(24(28)26(31)32)14-4-7-16(27)8-5-14/h2-11,21-24H,12-13H2,1H3,(H,31,32). The van der Waals surface area contributed by atoms with Crippen molar-refractivity contribution in [2.75, 3.05) is 20.5 Å². The minimum atomic E-state index is -1.32. The highest BCUT2D eigenvalue weighted by Gasteiger charge is 2.57. The second-order valence-corrected chi connectivity index (χ2v) is 9.90. The molecular formula is C26H22ClNO7S. The van der Waals surface area contributed by atoms with Crippen molar-refractivity contribution in [3.8, 4) is 11.5 Å². The molecule has 186 valence electrons. The Bertz CT molecular complexity index is 1290. The molecule has 0 bridgehead atoms.